The van der Waals surface area contributed by atoms with Gasteiger partial charge in [0.05, 0.1) is 5.69 Å². The molecule has 3 aromatic heterocycles. The van der Waals surface area contributed by atoms with Crippen LogP contribution in [0.5, 0.6) is 0 Å². The molecule has 0 amide bonds. The van der Waals surface area contributed by atoms with Crippen molar-refractivity contribution in [3.05, 3.63) is 76.9 Å². The Labute approximate surface area is 153 Å². The molecule has 0 aliphatic carbocycles. The summed E-state index contributed by atoms with van der Waals surface area (Å²) in [5, 5.41) is 2.66. The van der Waals surface area contributed by atoms with Gasteiger partial charge in [-0.3, -0.25) is 4.79 Å². The van der Waals surface area contributed by atoms with Crippen LogP contribution >= 0.6 is 11.3 Å². The van der Waals surface area contributed by atoms with Gasteiger partial charge >= 0.3 is 5.97 Å². The molecular weight excluding hydrogens is 348 g/mol. The number of carbonyl (C=O) groups is 2. The highest BCUT2D eigenvalue weighted by atomic mass is 32.1. The van der Waals surface area contributed by atoms with Crippen molar-refractivity contribution in [1.82, 2.24) is 9.55 Å². The molecule has 5 nitrogen and oxygen atoms in total. The van der Waals surface area contributed by atoms with Crippen LogP contribution in [0.4, 0.5) is 0 Å². The summed E-state index contributed by atoms with van der Waals surface area (Å²) in [5.74, 6) is -0.723. The summed E-state index contributed by atoms with van der Waals surface area (Å²) < 4.78 is 7.31. The Hall–Kier alpha value is -3.12. The van der Waals surface area contributed by atoms with E-state index in [4.69, 9.17) is 4.74 Å². The summed E-state index contributed by atoms with van der Waals surface area (Å²) in [4.78, 5) is 28.9. The average Bonchev–Trinajstić information content (AvgIpc) is 3.39. The number of Topliss-reactive ketones (excluding diaryl/α,β-unsaturated/α-hetero) is 1. The molecule has 4 rings (SSSR count). The predicted molar refractivity (Wildman–Crippen MR) is 101 cm³/mol. The molecule has 6 heteroatoms. The largest absolute Gasteiger partial charge is 0.450 e. The maximum atomic E-state index is 12.7. The maximum absolute atomic E-state index is 12.7. The molecule has 1 aromatic carbocycles. The number of H-pyrrole nitrogens is 1. The number of esters is 1. The summed E-state index contributed by atoms with van der Waals surface area (Å²) in [6.07, 6.45) is 4.51. The molecule has 1 unspecified atom stereocenters. The van der Waals surface area contributed by atoms with Gasteiger partial charge in [0.15, 0.2) is 6.10 Å². The first-order valence-electron chi connectivity index (χ1n) is 8.17. The quantitative estimate of drug-likeness (QED) is 0.420. The van der Waals surface area contributed by atoms with E-state index in [1.165, 1.54) is 11.3 Å². The van der Waals surface area contributed by atoms with Crippen LogP contribution in [0.15, 0.2) is 66.4 Å². The number of rotatable bonds is 5. The van der Waals surface area contributed by atoms with Crippen molar-refractivity contribution in [2.24, 2.45) is 0 Å². The van der Waals surface area contributed by atoms with Gasteiger partial charge in [0, 0.05) is 35.1 Å². The predicted octanol–water partition coefficient (Wildman–Crippen LogP) is 4.45. The third-order valence-electron chi connectivity index (χ3n) is 4.22. The van der Waals surface area contributed by atoms with Gasteiger partial charge in [-0.1, -0.05) is 18.2 Å². The van der Waals surface area contributed by atoms with E-state index < -0.39 is 12.1 Å². The number of ether oxygens (including phenoxy) is 1. The molecule has 0 radical (unpaired) electrons. The number of ketones is 1. The molecule has 0 aliphatic heterocycles. The number of carbonyl (C=O) groups excluding carboxylic acids is 2. The van der Waals surface area contributed by atoms with E-state index in [2.05, 4.69) is 4.98 Å². The molecule has 0 spiro atoms. The summed E-state index contributed by atoms with van der Waals surface area (Å²) in [6, 6.07) is 13.2. The van der Waals surface area contributed by atoms with Crippen LogP contribution in [0.2, 0.25) is 0 Å². The van der Waals surface area contributed by atoms with Gasteiger partial charge in [-0.2, -0.15) is 0 Å². The summed E-state index contributed by atoms with van der Waals surface area (Å²) >= 11 is 1.30. The number of benzene rings is 1. The molecule has 26 heavy (non-hydrogen) atoms. The van der Waals surface area contributed by atoms with Crippen LogP contribution in [0.3, 0.4) is 0 Å². The first-order valence-corrected chi connectivity index (χ1v) is 9.05. The lowest BCUT2D eigenvalue weighted by molar-refractivity contribution is 0.0324. The molecule has 1 atom stereocenters. The first-order chi connectivity index (χ1) is 12.6. The van der Waals surface area contributed by atoms with Crippen molar-refractivity contribution in [3.63, 3.8) is 0 Å². The Morgan fingerprint density at radius 1 is 1.12 bits per heavy atom. The van der Waals surface area contributed by atoms with E-state index in [1.54, 1.807) is 13.1 Å². The Bertz CT molecular complexity index is 1080. The zero-order chi connectivity index (χ0) is 18.1. The highest BCUT2D eigenvalue weighted by Crippen LogP contribution is 2.24. The fourth-order valence-corrected chi connectivity index (χ4v) is 3.69. The minimum Gasteiger partial charge on any atom is -0.450 e. The topological polar surface area (TPSA) is 64.1 Å². The van der Waals surface area contributed by atoms with E-state index in [9.17, 15) is 9.59 Å². The van der Waals surface area contributed by atoms with Crippen molar-refractivity contribution in [2.45, 2.75) is 13.0 Å². The molecule has 0 bridgehead atoms. The average molecular weight is 364 g/mol. The Morgan fingerprint density at radius 2 is 1.88 bits per heavy atom. The lowest BCUT2D eigenvalue weighted by Gasteiger charge is -2.12. The molecule has 0 aliphatic rings. The number of nitrogens with zero attached hydrogens (tertiary/aromatic N) is 1. The fourth-order valence-electron chi connectivity index (χ4n) is 2.92. The standard InChI is InChI=1S/C20H16N2O3S/c1-13(18(23)15-12-21-16-7-3-2-6-14(15)16)25-20(24)19-17(8-11-26-19)22-9-4-5-10-22/h2-13,21H,1H3. The lowest BCUT2D eigenvalue weighted by atomic mass is 10.1. The second-order valence-electron chi connectivity index (χ2n) is 5.88. The smallest absolute Gasteiger partial charge is 0.351 e. The molecule has 1 N–H and O–H groups in total. The number of aromatic amines is 1. The minimum absolute atomic E-state index is 0.227. The van der Waals surface area contributed by atoms with E-state index in [1.807, 2.05) is 64.8 Å². The van der Waals surface area contributed by atoms with Crippen LogP contribution in [-0.2, 0) is 4.74 Å². The highest BCUT2D eigenvalue weighted by molar-refractivity contribution is 7.12. The van der Waals surface area contributed by atoms with Crippen molar-refractivity contribution in [1.29, 1.82) is 0 Å². The molecule has 4 aromatic rings. The minimum atomic E-state index is -0.874. The summed E-state index contributed by atoms with van der Waals surface area (Å²) in [5.41, 5.74) is 2.15. The monoisotopic (exact) mass is 364 g/mol. The second-order valence-corrected chi connectivity index (χ2v) is 6.80. The van der Waals surface area contributed by atoms with Crippen LogP contribution in [0.25, 0.3) is 16.6 Å². The zero-order valence-corrected chi connectivity index (χ0v) is 14.8. The first kappa shape index (κ1) is 16.4. The SMILES string of the molecule is CC(OC(=O)c1sccc1-n1cccc1)C(=O)c1c[nH]c2ccccc12. The van der Waals surface area contributed by atoms with Gasteiger partial charge in [0.2, 0.25) is 5.78 Å². The van der Waals surface area contributed by atoms with Crippen LogP contribution in [0, 0.1) is 0 Å². The molecule has 0 saturated heterocycles. The van der Waals surface area contributed by atoms with E-state index in [-0.39, 0.29) is 5.78 Å². The summed E-state index contributed by atoms with van der Waals surface area (Å²) in [7, 11) is 0. The fraction of sp³-hybridized carbons (Fsp3) is 0.100. The van der Waals surface area contributed by atoms with Crippen molar-refractivity contribution >= 4 is 34.0 Å². The number of aromatic nitrogens is 2. The Kier molecular flexibility index (Phi) is 4.18. The van der Waals surface area contributed by atoms with Gasteiger partial charge in [0.25, 0.3) is 0 Å². The molecule has 0 fully saturated rings. The number of fused-ring (bicyclic) bond motifs is 1. The number of para-hydroxylation sites is 1. The van der Waals surface area contributed by atoms with Crippen molar-refractivity contribution in [3.8, 4) is 5.69 Å². The molecular formula is C20H16N2O3S. The van der Waals surface area contributed by atoms with Crippen LogP contribution < -0.4 is 0 Å². The van der Waals surface area contributed by atoms with E-state index in [0.717, 1.165) is 16.6 Å². The van der Waals surface area contributed by atoms with Crippen molar-refractivity contribution < 1.29 is 14.3 Å². The zero-order valence-electron chi connectivity index (χ0n) is 14.0. The third kappa shape index (κ3) is 2.84. The third-order valence-corrected chi connectivity index (χ3v) is 5.10. The number of hydrogen-bond donors (Lipinski definition) is 1. The maximum Gasteiger partial charge on any atom is 0.351 e. The van der Waals surface area contributed by atoms with Crippen LogP contribution in [-0.4, -0.2) is 27.4 Å². The van der Waals surface area contributed by atoms with E-state index >= 15 is 0 Å². The van der Waals surface area contributed by atoms with Crippen molar-refractivity contribution in [2.75, 3.05) is 0 Å². The summed E-state index contributed by atoms with van der Waals surface area (Å²) in [6.45, 7) is 1.60. The molecule has 0 saturated carbocycles. The molecule has 3 heterocycles. The van der Waals surface area contributed by atoms with E-state index in [0.29, 0.717) is 10.4 Å². The van der Waals surface area contributed by atoms with Gasteiger partial charge in [-0.15, -0.1) is 11.3 Å². The lowest BCUT2D eigenvalue weighted by Crippen LogP contribution is -2.24. The number of nitrogens with one attached hydrogen (secondary N) is 1. The highest BCUT2D eigenvalue weighted by Gasteiger charge is 2.25. The van der Waals surface area contributed by atoms with Gasteiger partial charge in [0.1, 0.15) is 4.88 Å². The van der Waals surface area contributed by atoms with Crippen LogP contribution in [0.1, 0.15) is 27.0 Å². The Morgan fingerprint density at radius 3 is 2.69 bits per heavy atom. The Balaban J connectivity index is 1.55. The second kappa shape index (κ2) is 6.65. The number of thiophene rings is 1. The molecule has 130 valence electrons. The van der Waals surface area contributed by atoms with Gasteiger partial charge in [-0.05, 0) is 36.6 Å². The normalized spacial score (nSPS) is 12.2. The number of hydrogen-bond acceptors (Lipinski definition) is 4. The van der Waals surface area contributed by atoms with Gasteiger partial charge in [-0.25, -0.2) is 4.79 Å². The van der Waals surface area contributed by atoms with Gasteiger partial charge < -0.3 is 14.3 Å².